The van der Waals surface area contributed by atoms with Crippen LogP contribution in [-0.2, 0) is 17.6 Å². The predicted octanol–water partition coefficient (Wildman–Crippen LogP) is 3.76. The summed E-state index contributed by atoms with van der Waals surface area (Å²) < 4.78 is 5.33. The molecule has 1 aromatic heterocycles. The molecule has 6 nitrogen and oxygen atoms in total. The van der Waals surface area contributed by atoms with Crippen LogP contribution in [0.5, 0.6) is 5.88 Å². The van der Waals surface area contributed by atoms with Crippen LogP contribution in [0.25, 0.3) is 11.1 Å². The monoisotopic (exact) mass is 422 g/mol. The summed E-state index contributed by atoms with van der Waals surface area (Å²) in [5.74, 6) is -1.23. The van der Waals surface area contributed by atoms with Crippen LogP contribution in [0.1, 0.15) is 21.5 Å². The zero-order valence-electron chi connectivity index (χ0n) is 16.2. The standard InChI is InChI=1S/C23H19ClN2O4/c1-30-21-19(14-7-4-8-18(24)9-14)10-17(13-25-21)20(27)26-23(22(28)29)11-15-5-2-3-6-16(15)12-23/h2-10,13H,11-12H2,1H3,(H,26,27)(H,28,29). The minimum atomic E-state index is -1.39. The van der Waals surface area contributed by atoms with E-state index >= 15 is 0 Å². The molecule has 1 heterocycles. The van der Waals surface area contributed by atoms with Crippen molar-refractivity contribution in [2.45, 2.75) is 18.4 Å². The van der Waals surface area contributed by atoms with Crippen LogP contribution < -0.4 is 10.1 Å². The van der Waals surface area contributed by atoms with Crippen molar-refractivity contribution in [2.24, 2.45) is 0 Å². The van der Waals surface area contributed by atoms with E-state index in [1.54, 1.807) is 24.3 Å². The highest BCUT2D eigenvalue weighted by Crippen LogP contribution is 2.33. The molecule has 2 aromatic carbocycles. The Morgan fingerprint density at radius 3 is 2.40 bits per heavy atom. The Kier molecular flexibility index (Phi) is 5.18. The van der Waals surface area contributed by atoms with Crippen molar-refractivity contribution in [3.8, 4) is 17.0 Å². The van der Waals surface area contributed by atoms with Crippen LogP contribution >= 0.6 is 11.6 Å². The Hall–Kier alpha value is -3.38. The average molecular weight is 423 g/mol. The largest absolute Gasteiger partial charge is 0.481 e. The SMILES string of the molecule is COc1ncc(C(=O)NC2(C(=O)O)Cc3ccccc3C2)cc1-c1cccc(Cl)c1. The summed E-state index contributed by atoms with van der Waals surface area (Å²) in [6.45, 7) is 0. The lowest BCUT2D eigenvalue weighted by Gasteiger charge is -2.25. The molecule has 4 rings (SSSR count). The second-order valence-electron chi connectivity index (χ2n) is 7.25. The third-order valence-electron chi connectivity index (χ3n) is 5.31. The van der Waals surface area contributed by atoms with Crippen molar-refractivity contribution in [2.75, 3.05) is 7.11 Å². The van der Waals surface area contributed by atoms with Crippen LogP contribution in [0.2, 0.25) is 5.02 Å². The van der Waals surface area contributed by atoms with Crippen molar-refractivity contribution >= 4 is 23.5 Å². The maximum absolute atomic E-state index is 13.0. The summed E-state index contributed by atoms with van der Waals surface area (Å²) in [6, 6.07) is 16.2. The summed E-state index contributed by atoms with van der Waals surface area (Å²) in [4.78, 5) is 29.4. The highest BCUT2D eigenvalue weighted by molar-refractivity contribution is 6.30. The number of nitrogens with zero attached hydrogens (tertiary/aromatic N) is 1. The number of aromatic nitrogens is 1. The number of benzene rings is 2. The first kappa shape index (κ1) is 19.9. The molecular formula is C23H19ClN2O4. The topological polar surface area (TPSA) is 88.5 Å². The van der Waals surface area contributed by atoms with Gasteiger partial charge in [-0.3, -0.25) is 4.79 Å². The summed E-state index contributed by atoms with van der Waals surface area (Å²) in [5.41, 5.74) is 2.02. The van der Waals surface area contributed by atoms with Gasteiger partial charge in [0.25, 0.3) is 5.91 Å². The van der Waals surface area contributed by atoms with Gasteiger partial charge in [-0.2, -0.15) is 0 Å². The normalized spacial score (nSPS) is 14.1. The fraction of sp³-hybridized carbons (Fsp3) is 0.174. The van der Waals surface area contributed by atoms with E-state index in [9.17, 15) is 14.7 Å². The Morgan fingerprint density at radius 2 is 1.80 bits per heavy atom. The van der Waals surface area contributed by atoms with Crippen LogP contribution in [0, 0.1) is 0 Å². The lowest BCUT2D eigenvalue weighted by Crippen LogP contribution is -2.55. The van der Waals surface area contributed by atoms with Gasteiger partial charge in [-0.1, -0.05) is 48.0 Å². The zero-order chi connectivity index (χ0) is 21.3. The van der Waals surface area contributed by atoms with E-state index in [2.05, 4.69) is 10.3 Å². The second kappa shape index (κ2) is 7.80. The third-order valence-corrected chi connectivity index (χ3v) is 5.54. The Labute approximate surface area is 178 Å². The summed E-state index contributed by atoms with van der Waals surface area (Å²) >= 11 is 6.10. The fourth-order valence-corrected chi connectivity index (χ4v) is 3.99. The van der Waals surface area contributed by atoms with Crippen LogP contribution in [-0.4, -0.2) is 34.6 Å². The van der Waals surface area contributed by atoms with Gasteiger partial charge in [0.15, 0.2) is 0 Å². The number of carbonyl (C=O) groups excluding carboxylic acids is 1. The zero-order valence-corrected chi connectivity index (χ0v) is 16.9. The van der Waals surface area contributed by atoms with E-state index in [0.29, 0.717) is 16.5 Å². The van der Waals surface area contributed by atoms with Crippen molar-refractivity contribution in [1.82, 2.24) is 10.3 Å². The van der Waals surface area contributed by atoms with E-state index in [-0.39, 0.29) is 18.4 Å². The molecule has 0 unspecified atom stereocenters. The van der Waals surface area contributed by atoms with Crippen molar-refractivity contribution in [3.05, 3.63) is 82.5 Å². The predicted molar refractivity (Wildman–Crippen MR) is 113 cm³/mol. The number of hydrogen-bond donors (Lipinski definition) is 2. The molecular weight excluding hydrogens is 404 g/mol. The molecule has 1 amide bonds. The average Bonchev–Trinajstić information content (AvgIpc) is 3.12. The number of methoxy groups -OCH3 is 1. The highest BCUT2D eigenvalue weighted by Gasteiger charge is 2.45. The number of carboxylic acid groups (broad SMARTS) is 1. The molecule has 0 aliphatic heterocycles. The lowest BCUT2D eigenvalue weighted by atomic mass is 9.95. The number of pyridine rings is 1. The van der Waals surface area contributed by atoms with Gasteiger partial charge < -0.3 is 15.2 Å². The van der Waals surface area contributed by atoms with E-state index in [1.165, 1.54) is 13.3 Å². The molecule has 2 N–H and O–H groups in total. The first-order valence-electron chi connectivity index (χ1n) is 9.34. The van der Waals surface area contributed by atoms with E-state index < -0.39 is 17.4 Å². The summed E-state index contributed by atoms with van der Waals surface area (Å²) in [5, 5.41) is 13.2. The van der Waals surface area contributed by atoms with Gasteiger partial charge in [0.2, 0.25) is 5.88 Å². The van der Waals surface area contributed by atoms with Crippen molar-refractivity contribution in [3.63, 3.8) is 0 Å². The van der Waals surface area contributed by atoms with Crippen molar-refractivity contribution < 1.29 is 19.4 Å². The summed E-state index contributed by atoms with van der Waals surface area (Å²) in [6.07, 6.45) is 1.84. The molecule has 0 fully saturated rings. The van der Waals surface area contributed by atoms with Gasteiger partial charge in [-0.05, 0) is 34.9 Å². The molecule has 0 saturated carbocycles. The van der Waals surface area contributed by atoms with Crippen LogP contribution in [0.3, 0.4) is 0 Å². The number of amides is 1. The van der Waals surface area contributed by atoms with Crippen LogP contribution in [0.15, 0.2) is 60.8 Å². The molecule has 1 aliphatic rings. The van der Waals surface area contributed by atoms with Gasteiger partial charge >= 0.3 is 5.97 Å². The number of halogens is 1. The Morgan fingerprint density at radius 1 is 1.10 bits per heavy atom. The highest BCUT2D eigenvalue weighted by atomic mass is 35.5. The molecule has 30 heavy (non-hydrogen) atoms. The molecule has 0 radical (unpaired) electrons. The molecule has 0 saturated heterocycles. The number of rotatable bonds is 5. The van der Waals surface area contributed by atoms with Gasteiger partial charge in [-0.25, -0.2) is 9.78 Å². The lowest BCUT2D eigenvalue weighted by molar-refractivity contribution is -0.144. The first-order valence-corrected chi connectivity index (χ1v) is 9.72. The van der Waals surface area contributed by atoms with Gasteiger partial charge in [0, 0.05) is 29.6 Å². The second-order valence-corrected chi connectivity index (χ2v) is 7.69. The smallest absolute Gasteiger partial charge is 0.330 e. The minimum Gasteiger partial charge on any atom is -0.481 e. The number of nitrogens with one attached hydrogen (secondary N) is 1. The first-order chi connectivity index (χ1) is 14.4. The molecule has 0 atom stereocenters. The number of aliphatic carboxylic acids is 1. The number of carbonyl (C=O) groups is 2. The van der Waals surface area contributed by atoms with Gasteiger partial charge in [0.1, 0.15) is 5.54 Å². The number of carboxylic acids is 1. The fourth-order valence-electron chi connectivity index (χ4n) is 3.80. The molecule has 7 heteroatoms. The van der Waals surface area contributed by atoms with E-state index in [0.717, 1.165) is 16.7 Å². The number of hydrogen-bond acceptors (Lipinski definition) is 4. The van der Waals surface area contributed by atoms with E-state index in [4.69, 9.17) is 16.3 Å². The molecule has 0 spiro atoms. The maximum atomic E-state index is 13.0. The molecule has 3 aromatic rings. The van der Waals surface area contributed by atoms with Gasteiger partial charge in [0.05, 0.1) is 12.7 Å². The number of ether oxygens (including phenoxy) is 1. The minimum absolute atomic E-state index is 0.231. The summed E-state index contributed by atoms with van der Waals surface area (Å²) in [7, 11) is 1.49. The third kappa shape index (κ3) is 3.62. The number of fused-ring (bicyclic) bond motifs is 1. The molecule has 1 aliphatic carbocycles. The molecule has 0 bridgehead atoms. The quantitative estimate of drug-likeness (QED) is 0.653. The maximum Gasteiger partial charge on any atom is 0.330 e. The Balaban J connectivity index is 1.67. The van der Waals surface area contributed by atoms with Gasteiger partial charge in [-0.15, -0.1) is 0 Å². The van der Waals surface area contributed by atoms with E-state index in [1.807, 2.05) is 30.3 Å². The van der Waals surface area contributed by atoms with Crippen LogP contribution in [0.4, 0.5) is 0 Å². The van der Waals surface area contributed by atoms with Crippen molar-refractivity contribution in [1.29, 1.82) is 0 Å². The molecule has 152 valence electrons. The Bertz CT molecular complexity index is 1120.